The van der Waals surface area contributed by atoms with Gasteiger partial charge in [-0.25, -0.2) is 0 Å². The molecule has 2 aromatic rings. The van der Waals surface area contributed by atoms with Gasteiger partial charge in [-0.3, -0.25) is 9.89 Å². The van der Waals surface area contributed by atoms with Gasteiger partial charge < -0.3 is 10.2 Å². The number of aromatic nitrogens is 2. The Kier molecular flexibility index (Phi) is 3.87. The Balaban J connectivity index is 1.70. The fraction of sp³-hybridized carbons (Fsp3) is 0.444. The Hall–Kier alpha value is -2.14. The smallest absolute Gasteiger partial charge is 0.272 e. The first-order valence-corrected chi connectivity index (χ1v) is 8.45. The summed E-state index contributed by atoms with van der Waals surface area (Å²) < 4.78 is 0. The van der Waals surface area contributed by atoms with Crippen molar-refractivity contribution in [3.05, 3.63) is 53.9 Å². The minimum atomic E-state index is 0.0625. The molecule has 0 saturated carbocycles. The molecule has 1 aromatic heterocycles. The molecule has 5 heteroatoms. The van der Waals surface area contributed by atoms with Gasteiger partial charge >= 0.3 is 0 Å². The van der Waals surface area contributed by atoms with Gasteiger partial charge in [-0.1, -0.05) is 36.8 Å². The first-order chi connectivity index (χ1) is 11.3. The Bertz CT molecular complexity index is 655. The number of benzene rings is 1. The molecule has 5 nitrogen and oxygen atoms in total. The molecule has 2 saturated heterocycles. The number of hydrogen-bond acceptors (Lipinski definition) is 3. The summed E-state index contributed by atoms with van der Waals surface area (Å²) in [6.45, 7) is 1.05. The largest absolute Gasteiger partial charge is 0.326 e. The molecule has 120 valence electrons. The minimum Gasteiger partial charge on any atom is -0.326 e. The zero-order chi connectivity index (χ0) is 15.6. The van der Waals surface area contributed by atoms with Crippen molar-refractivity contribution in [1.82, 2.24) is 20.4 Å². The van der Waals surface area contributed by atoms with Gasteiger partial charge in [-0.05, 0) is 37.4 Å². The Morgan fingerprint density at radius 3 is 2.83 bits per heavy atom. The van der Waals surface area contributed by atoms with Gasteiger partial charge in [0.05, 0.1) is 6.04 Å². The summed E-state index contributed by atoms with van der Waals surface area (Å²) in [5.41, 5.74) is 1.80. The summed E-state index contributed by atoms with van der Waals surface area (Å²) in [6, 6.07) is 12.9. The molecule has 0 unspecified atom stereocenters. The van der Waals surface area contributed by atoms with E-state index in [9.17, 15) is 4.79 Å². The first-order valence-electron chi connectivity index (χ1n) is 8.45. The Morgan fingerprint density at radius 2 is 2.04 bits per heavy atom. The molecule has 3 atom stereocenters. The molecule has 1 amide bonds. The van der Waals surface area contributed by atoms with Crippen molar-refractivity contribution < 1.29 is 4.79 Å². The van der Waals surface area contributed by atoms with E-state index < -0.39 is 0 Å². The van der Waals surface area contributed by atoms with Crippen LogP contribution in [0.4, 0.5) is 0 Å². The lowest BCUT2D eigenvalue weighted by Crippen LogP contribution is -2.44. The zero-order valence-electron chi connectivity index (χ0n) is 13.1. The number of H-pyrrole nitrogens is 1. The topological polar surface area (TPSA) is 61.0 Å². The van der Waals surface area contributed by atoms with Gasteiger partial charge in [0.25, 0.3) is 5.91 Å². The van der Waals surface area contributed by atoms with Gasteiger partial charge in [0.15, 0.2) is 0 Å². The Labute approximate surface area is 136 Å². The normalized spacial score (nSPS) is 27.5. The number of likely N-dealkylation sites (tertiary alicyclic amines) is 1. The monoisotopic (exact) mass is 310 g/mol. The van der Waals surface area contributed by atoms with E-state index in [1.165, 1.54) is 18.4 Å². The van der Waals surface area contributed by atoms with E-state index in [0.717, 1.165) is 19.4 Å². The van der Waals surface area contributed by atoms with Crippen LogP contribution in [0.2, 0.25) is 0 Å². The van der Waals surface area contributed by atoms with Gasteiger partial charge in [0.2, 0.25) is 0 Å². The number of fused-ring (bicyclic) bond motifs is 1. The maximum atomic E-state index is 13.1. The van der Waals surface area contributed by atoms with E-state index in [-0.39, 0.29) is 18.0 Å². The lowest BCUT2D eigenvalue weighted by molar-refractivity contribution is 0.0644. The molecule has 0 radical (unpaired) electrons. The van der Waals surface area contributed by atoms with Crippen molar-refractivity contribution in [2.24, 2.45) is 0 Å². The van der Waals surface area contributed by atoms with Crippen LogP contribution < -0.4 is 5.32 Å². The SMILES string of the molecule is O=C(c1ccn[nH]1)N1[C@H](c2ccccc2)C[C@H]2NCCCC[C@@H]21. The molecule has 2 aliphatic heterocycles. The number of hydrogen-bond donors (Lipinski definition) is 2. The highest BCUT2D eigenvalue weighted by Crippen LogP contribution is 2.39. The van der Waals surface area contributed by atoms with Crippen LogP contribution in [0.25, 0.3) is 0 Å². The van der Waals surface area contributed by atoms with Crippen LogP contribution >= 0.6 is 0 Å². The highest BCUT2D eigenvalue weighted by molar-refractivity contribution is 5.93. The van der Waals surface area contributed by atoms with E-state index in [1.807, 2.05) is 6.07 Å². The summed E-state index contributed by atoms with van der Waals surface area (Å²) in [4.78, 5) is 15.2. The van der Waals surface area contributed by atoms with Crippen LogP contribution in [0, 0.1) is 0 Å². The molecule has 2 aliphatic rings. The number of carbonyl (C=O) groups is 1. The maximum absolute atomic E-state index is 13.1. The summed E-state index contributed by atoms with van der Waals surface area (Å²) in [5, 5.41) is 10.4. The van der Waals surface area contributed by atoms with E-state index in [1.54, 1.807) is 12.3 Å². The molecule has 1 aromatic carbocycles. The highest BCUT2D eigenvalue weighted by Gasteiger charge is 2.44. The number of rotatable bonds is 2. The summed E-state index contributed by atoms with van der Waals surface area (Å²) in [6.07, 6.45) is 6.05. The summed E-state index contributed by atoms with van der Waals surface area (Å²) in [5.74, 6) is 0.0625. The highest BCUT2D eigenvalue weighted by atomic mass is 16.2. The second-order valence-corrected chi connectivity index (χ2v) is 6.47. The number of aromatic amines is 1. The van der Waals surface area contributed by atoms with Crippen molar-refractivity contribution in [1.29, 1.82) is 0 Å². The van der Waals surface area contributed by atoms with Crippen molar-refractivity contribution in [2.75, 3.05) is 6.54 Å². The van der Waals surface area contributed by atoms with E-state index in [2.05, 4.69) is 44.7 Å². The molecule has 3 heterocycles. The lowest BCUT2D eigenvalue weighted by Gasteiger charge is -2.31. The predicted octanol–water partition coefficient (Wildman–Crippen LogP) is 2.51. The third-order valence-corrected chi connectivity index (χ3v) is 5.12. The van der Waals surface area contributed by atoms with Gasteiger partial charge in [-0.2, -0.15) is 5.10 Å². The number of nitrogens with one attached hydrogen (secondary N) is 2. The predicted molar refractivity (Wildman–Crippen MR) is 88.0 cm³/mol. The summed E-state index contributed by atoms with van der Waals surface area (Å²) in [7, 11) is 0. The van der Waals surface area contributed by atoms with E-state index in [0.29, 0.717) is 11.7 Å². The van der Waals surface area contributed by atoms with Crippen LogP contribution in [0.5, 0.6) is 0 Å². The number of carbonyl (C=O) groups excluding carboxylic acids is 1. The third kappa shape index (κ3) is 2.65. The fourth-order valence-electron chi connectivity index (χ4n) is 4.04. The average molecular weight is 310 g/mol. The molecule has 0 spiro atoms. The first kappa shape index (κ1) is 14.5. The van der Waals surface area contributed by atoms with Crippen LogP contribution in [0.15, 0.2) is 42.6 Å². The van der Waals surface area contributed by atoms with Crippen molar-refractivity contribution in [3.63, 3.8) is 0 Å². The summed E-state index contributed by atoms with van der Waals surface area (Å²) >= 11 is 0. The molecular weight excluding hydrogens is 288 g/mol. The second kappa shape index (κ2) is 6.16. The average Bonchev–Trinajstić information content (AvgIpc) is 3.19. The van der Waals surface area contributed by atoms with E-state index in [4.69, 9.17) is 0 Å². The minimum absolute atomic E-state index is 0.0625. The molecular formula is C18H22N4O. The molecule has 0 aliphatic carbocycles. The molecule has 23 heavy (non-hydrogen) atoms. The second-order valence-electron chi connectivity index (χ2n) is 6.47. The molecule has 0 bridgehead atoms. The van der Waals surface area contributed by atoms with E-state index >= 15 is 0 Å². The van der Waals surface area contributed by atoms with Crippen molar-refractivity contribution >= 4 is 5.91 Å². The van der Waals surface area contributed by atoms with Crippen molar-refractivity contribution in [2.45, 2.75) is 43.8 Å². The number of nitrogens with zero attached hydrogens (tertiary/aromatic N) is 2. The fourth-order valence-corrected chi connectivity index (χ4v) is 4.04. The zero-order valence-corrected chi connectivity index (χ0v) is 13.1. The van der Waals surface area contributed by atoms with Crippen LogP contribution in [-0.2, 0) is 0 Å². The number of amides is 1. The van der Waals surface area contributed by atoms with Crippen LogP contribution in [0.3, 0.4) is 0 Å². The standard InChI is InChI=1S/C18H22N4O/c23-18(14-9-11-20-21-14)22-16-8-4-5-10-19-15(16)12-17(22)13-6-2-1-3-7-13/h1-3,6-7,9,11,15-17,19H,4-5,8,10,12H2,(H,20,21)/t15-,16+,17+/m1/s1. The van der Waals surface area contributed by atoms with Crippen molar-refractivity contribution in [3.8, 4) is 0 Å². The van der Waals surface area contributed by atoms with Crippen LogP contribution in [-0.4, -0.2) is 39.6 Å². The van der Waals surface area contributed by atoms with Gasteiger partial charge in [-0.15, -0.1) is 0 Å². The van der Waals surface area contributed by atoms with Crippen LogP contribution in [0.1, 0.15) is 47.8 Å². The lowest BCUT2D eigenvalue weighted by atomic mass is 10.0. The van der Waals surface area contributed by atoms with Gasteiger partial charge in [0, 0.05) is 18.3 Å². The molecule has 4 rings (SSSR count). The quantitative estimate of drug-likeness (QED) is 0.896. The van der Waals surface area contributed by atoms with Gasteiger partial charge in [0.1, 0.15) is 5.69 Å². The molecule has 2 N–H and O–H groups in total. The molecule has 2 fully saturated rings. The maximum Gasteiger partial charge on any atom is 0.272 e. The third-order valence-electron chi connectivity index (χ3n) is 5.12. The Morgan fingerprint density at radius 1 is 1.17 bits per heavy atom.